The Morgan fingerprint density at radius 2 is 1.62 bits per heavy atom. The van der Waals surface area contributed by atoms with Crippen molar-refractivity contribution in [3.63, 3.8) is 0 Å². The lowest BCUT2D eigenvalue weighted by Crippen LogP contribution is -2.24. The fourth-order valence-electron chi connectivity index (χ4n) is 2.43. The summed E-state index contributed by atoms with van der Waals surface area (Å²) in [5.41, 5.74) is 2.57. The molecular weight excluding hydrogens is 258 g/mol. The van der Waals surface area contributed by atoms with Gasteiger partial charge in [-0.1, -0.05) is 30.3 Å². The summed E-state index contributed by atoms with van der Waals surface area (Å²) >= 11 is 0. The summed E-state index contributed by atoms with van der Waals surface area (Å²) in [4.78, 5) is 6.35. The number of hydrogen-bond donors (Lipinski definition) is 1. The molecule has 3 heteroatoms. The van der Waals surface area contributed by atoms with E-state index in [0.29, 0.717) is 0 Å². The van der Waals surface area contributed by atoms with Gasteiger partial charge in [-0.25, -0.2) is 0 Å². The normalized spacial score (nSPS) is 12.5. The monoisotopic (exact) mass is 283 g/mol. The highest BCUT2D eigenvalue weighted by molar-refractivity contribution is 5.30. The van der Waals surface area contributed by atoms with Crippen molar-refractivity contribution in [2.24, 2.45) is 0 Å². The molecule has 0 saturated carbocycles. The average molecular weight is 283 g/mol. The first kappa shape index (κ1) is 15.7. The minimum absolute atomic E-state index is 0.244. The Labute approximate surface area is 128 Å². The second kappa shape index (κ2) is 8.55. The van der Waals surface area contributed by atoms with Gasteiger partial charge in [0.05, 0.1) is 6.04 Å². The smallest absolute Gasteiger partial charge is 0.0577 e. The average Bonchev–Trinajstić information content (AvgIpc) is 2.52. The van der Waals surface area contributed by atoms with E-state index in [2.05, 4.69) is 71.8 Å². The highest BCUT2D eigenvalue weighted by Crippen LogP contribution is 2.21. The molecule has 2 rings (SSSR count). The summed E-state index contributed by atoms with van der Waals surface area (Å²) in [6.45, 7) is 2.17. The summed E-state index contributed by atoms with van der Waals surface area (Å²) in [5, 5.41) is 3.68. The first-order valence-corrected chi connectivity index (χ1v) is 7.60. The van der Waals surface area contributed by atoms with Crippen LogP contribution in [0.2, 0.25) is 0 Å². The first-order chi connectivity index (χ1) is 10.3. The Morgan fingerprint density at radius 3 is 2.29 bits per heavy atom. The van der Waals surface area contributed by atoms with Gasteiger partial charge in [-0.2, -0.15) is 0 Å². The van der Waals surface area contributed by atoms with Crippen LogP contribution in [-0.4, -0.2) is 37.1 Å². The molecule has 1 heterocycles. The fourth-order valence-corrected chi connectivity index (χ4v) is 2.43. The molecule has 2 aromatic rings. The minimum atomic E-state index is 0.244. The summed E-state index contributed by atoms with van der Waals surface area (Å²) < 4.78 is 0. The van der Waals surface area contributed by atoms with Gasteiger partial charge in [-0.3, -0.25) is 4.98 Å². The molecule has 0 saturated heterocycles. The van der Waals surface area contributed by atoms with Crippen LogP contribution in [0.3, 0.4) is 0 Å². The number of benzene rings is 1. The summed E-state index contributed by atoms with van der Waals surface area (Å²) in [6, 6.07) is 15.0. The van der Waals surface area contributed by atoms with Gasteiger partial charge in [0.1, 0.15) is 0 Å². The molecule has 1 unspecified atom stereocenters. The molecule has 0 amide bonds. The van der Waals surface area contributed by atoms with Gasteiger partial charge in [-0.05, 0) is 63.3 Å². The number of unbranched alkanes of at least 4 members (excludes halogenated alkanes) is 1. The Balaban J connectivity index is 1.97. The van der Waals surface area contributed by atoms with E-state index in [9.17, 15) is 0 Å². The van der Waals surface area contributed by atoms with Crippen LogP contribution in [0.4, 0.5) is 0 Å². The number of hydrogen-bond acceptors (Lipinski definition) is 3. The Kier molecular flexibility index (Phi) is 6.38. The maximum absolute atomic E-state index is 4.12. The second-order valence-corrected chi connectivity index (χ2v) is 5.59. The predicted molar refractivity (Wildman–Crippen MR) is 88.3 cm³/mol. The van der Waals surface area contributed by atoms with E-state index in [1.807, 2.05) is 12.4 Å². The predicted octanol–water partition coefficient (Wildman–Crippen LogP) is 3.10. The molecule has 1 atom stereocenters. The minimum Gasteiger partial charge on any atom is -0.309 e. The Bertz CT molecular complexity index is 457. The van der Waals surface area contributed by atoms with Gasteiger partial charge in [0, 0.05) is 12.4 Å². The molecule has 0 fully saturated rings. The van der Waals surface area contributed by atoms with Gasteiger partial charge in [0.2, 0.25) is 0 Å². The molecule has 1 N–H and O–H groups in total. The SMILES string of the molecule is CN(C)CCCCNC(c1ccccc1)c1ccncc1. The lowest BCUT2D eigenvalue weighted by molar-refractivity contribution is 0.390. The van der Waals surface area contributed by atoms with Crippen molar-refractivity contribution in [2.45, 2.75) is 18.9 Å². The topological polar surface area (TPSA) is 28.2 Å². The highest BCUT2D eigenvalue weighted by Gasteiger charge is 2.12. The van der Waals surface area contributed by atoms with Gasteiger partial charge >= 0.3 is 0 Å². The molecule has 1 aromatic heterocycles. The van der Waals surface area contributed by atoms with Crippen LogP contribution in [-0.2, 0) is 0 Å². The molecule has 21 heavy (non-hydrogen) atoms. The molecular formula is C18H25N3. The molecule has 0 aliphatic carbocycles. The van der Waals surface area contributed by atoms with Crippen LogP contribution in [0.5, 0.6) is 0 Å². The highest BCUT2D eigenvalue weighted by atomic mass is 15.0. The third kappa shape index (κ3) is 5.29. The first-order valence-electron chi connectivity index (χ1n) is 7.60. The Morgan fingerprint density at radius 1 is 0.952 bits per heavy atom. The number of nitrogens with one attached hydrogen (secondary N) is 1. The Hall–Kier alpha value is -1.71. The quantitative estimate of drug-likeness (QED) is 0.755. The molecule has 0 radical (unpaired) electrons. The van der Waals surface area contributed by atoms with Crippen molar-refractivity contribution >= 4 is 0 Å². The van der Waals surface area contributed by atoms with Crippen LogP contribution in [0.1, 0.15) is 30.0 Å². The number of aromatic nitrogens is 1. The van der Waals surface area contributed by atoms with Crippen molar-refractivity contribution in [3.05, 3.63) is 66.0 Å². The third-order valence-electron chi connectivity index (χ3n) is 3.55. The van der Waals surface area contributed by atoms with Gasteiger partial charge < -0.3 is 10.2 Å². The summed E-state index contributed by atoms with van der Waals surface area (Å²) in [6.07, 6.45) is 6.13. The van der Waals surface area contributed by atoms with Gasteiger partial charge in [0.15, 0.2) is 0 Å². The van der Waals surface area contributed by atoms with E-state index < -0.39 is 0 Å². The van der Waals surface area contributed by atoms with Crippen molar-refractivity contribution in [1.82, 2.24) is 15.2 Å². The number of rotatable bonds is 8. The van der Waals surface area contributed by atoms with Crippen molar-refractivity contribution < 1.29 is 0 Å². The standard InChI is InChI=1S/C18H25N3/c1-21(2)15-7-6-12-20-18(16-8-4-3-5-9-16)17-10-13-19-14-11-17/h3-5,8-11,13-14,18,20H,6-7,12,15H2,1-2H3. The van der Waals surface area contributed by atoms with Crippen LogP contribution in [0.25, 0.3) is 0 Å². The molecule has 0 spiro atoms. The van der Waals surface area contributed by atoms with Crippen LogP contribution in [0.15, 0.2) is 54.9 Å². The van der Waals surface area contributed by atoms with E-state index in [-0.39, 0.29) is 6.04 Å². The van der Waals surface area contributed by atoms with Crippen LogP contribution in [0, 0.1) is 0 Å². The van der Waals surface area contributed by atoms with E-state index >= 15 is 0 Å². The van der Waals surface area contributed by atoms with Crippen LogP contribution < -0.4 is 5.32 Å². The van der Waals surface area contributed by atoms with Crippen molar-refractivity contribution in [2.75, 3.05) is 27.2 Å². The van der Waals surface area contributed by atoms with Gasteiger partial charge in [-0.15, -0.1) is 0 Å². The maximum Gasteiger partial charge on any atom is 0.0577 e. The summed E-state index contributed by atoms with van der Waals surface area (Å²) in [7, 11) is 4.24. The lowest BCUT2D eigenvalue weighted by atomic mass is 9.99. The largest absolute Gasteiger partial charge is 0.309 e. The summed E-state index contributed by atoms with van der Waals surface area (Å²) in [5.74, 6) is 0. The number of nitrogens with zero attached hydrogens (tertiary/aromatic N) is 2. The molecule has 0 bridgehead atoms. The number of pyridine rings is 1. The lowest BCUT2D eigenvalue weighted by Gasteiger charge is -2.20. The second-order valence-electron chi connectivity index (χ2n) is 5.59. The molecule has 0 aliphatic heterocycles. The van der Waals surface area contributed by atoms with E-state index in [1.165, 1.54) is 24.0 Å². The van der Waals surface area contributed by atoms with E-state index in [4.69, 9.17) is 0 Å². The molecule has 0 aliphatic rings. The van der Waals surface area contributed by atoms with Crippen molar-refractivity contribution in [3.8, 4) is 0 Å². The van der Waals surface area contributed by atoms with E-state index in [0.717, 1.165) is 13.1 Å². The molecule has 112 valence electrons. The maximum atomic E-state index is 4.12. The third-order valence-corrected chi connectivity index (χ3v) is 3.55. The molecule has 1 aromatic carbocycles. The van der Waals surface area contributed by atoms with E-state index in [1.54, 1.807) is 0 Å². The van der Waals surface area contributed by atoms with Crippen LogP contribution >= 0.6 is 0 Å². The zero-order valence-electron chi connectivity index (χ0n) is 13.0. The van der Waals surface area contributed by atoms with Crippen molar-refractivity contribution in [1.29, 1.82) is 0 Å². The fraction of sp³-hybridized carbons (Fsp3) is 0.389. The zero-order valence-corrected chi connectivity index (χ0v) is 13.0. The zero-order chi connectivity index (χ0) is 14.9. The van der Waals surface area contributed by atoms with Gasteiger partial charge in [0.25, 0.3) is 0 Å². The molecule has 3 nitrogen and oxygen atoms in total.